The highest BCUT2D eigenvalue weighted by Crippen LogP contribution is 2.48. The smallest absolute Gasteiger partial charge is 0.127 e. The molecule has 0 aromatic heterocycles. The predicted octanol–water partition coefficient (Wildman–Crippen LogP) is 7.10. The first-order chi connectivity index (χ1) is 12.8. The highest BCUT2D eigenvalue weighted by atomic mass is 16.3. The maximum Gasteiger partial charge on any atom is 0.127 e. The van der Waals surface area contributed by atoms with E-state index in [-0.39, 0.29) is 10.8 Å². The van der Waals surface area contributed by atoms with Crippen molar-refractivity contribution in [1.82, 2.24) is 0 Å². The second-order valence-corrected chi connectivity index (χ2v) is 10.1. The molecule has 154 valence electrons. The van der Waals surface area contributed by atoms with Crippen LogP contribution in [0.15, 0.2) is 12.1 Å². The Hall–Kier alpha value is -1.96. The van der Waals surface area contributed by atoms with Crippen LogP contribution in [0, 0.1) is 13.8 Å². The van der Waals surface area contributed by atoms with Crippen molar-refractivity contribution in [1.29, 1.82) is 0 Å². The molecule has 0 aliphatic rings. The summed E-state index contributed by atoms with van der Waals surface area (Å²) in [6.45, 7) is 21.3. The van der Waals surface area contributed by atoms with Crippen LogP contribution in [0.3, 0.4) is 0 Å². The topological polar surface area (TPSA) is 40.5 Å². The van der Waals surface area contributed by atoms with Crippen LogP contribution in [-0.4, -0.2) is 10.2 Å². The van der Waals surface area contributed by atoms with Gasteiger partial charge in [0, 0.05) is 22.3 Å². The molecule has 2 rings (SSSR count). The first-order valence-electron chi connectivity index (χ1n) is 10.5. The van der Waals surface area contributed by atoms with Crippen molar-refractivity contribution in [3.63, 3.8) is 0 Å². The number of phenolic OH excluding ortho intramolecular Hbond substituents is 2. The lowest BCUT2D eigenvalue weighted by atomic mass is 9.76. The van der Waals surface area contributed by atoms with Crippen molar-refractivity contribution in [2.45, 2.75) is 92.9 Å². The Balaban J connectivity index is 2.98. The zero-order chi connectivity index (χ0) is 21.6. The Bertz CT molecular complexity index is 815. The zero-order valence-electron chi connectivity index (χ0n) is 19.5. The Morgan fingerprint density at radius 2 is 0.929 bits per heavy atom. The summed E-state index contributed by atoms with van der Waals surface area (Å²) in [5.74, 6) is 0.600. The fraction of sp³-hybridized carbons (Fsp3) is 0.538. The Kier molecular flexibility index (Phi) is 5.95. The summed E-state index contributed by atoms with van der Waals surface area (Å²) in [4.78, 5) is 0. The molecule has 0 bridgehead atoms. The van der Waals surface area contributed by atoms with Crippen molar-refractivity contribution in [3.8, 4) is 22.6 Å². The van der Waals surface area contributed by atoms with Crippen LogP contribution in [0.2, 0.25) is 0 Å². The summed E-state index contributed by atoms with van der Waals surface area (Å²) in [7, 11) is 0. The molecule has 0 atom stereocenters. The summed E-state index contributed by atoms with van der Waals surface area (Å²) in [6.07, 6.45) is 1.75. The quantitative estimate of drug-likeness (QED) is 0.594. The Morgan fingerprint density at radius 1 is 0.643 bits per heavy atom. The van der Waals surface area contributed by atoms with Gasteiger partial charge in [-0.2, -0.15) is 0 Å². The third-order valence-electron chi connectivity index (χ3n) is 5.76. The van der Waals surface area contributed by atoms with E-state index in [1.807, 2.05) is 12.1 Å². The van der Waals surface area contributed by atoms with Crippen molar-refractivity contribution >= 4 is 0 Å². The minimum absolute atomic E-state index is 0.183. The fourth-order valence-corrected chi connectivity index (χ4v) is 4.63. The molecular formula is C26H38O2. The average molecular weight is 383 g/mol. The standard InChI is InChI=1S/C26H38O2/c1-11-17-15(3)13-19(23(27)21(17)25(5,6)7)20-14-16(4)18(12-2)22(24(20)28)26(8,9)10/h13-14,27-28H,11-12H2,1-10H3. The van der Waals surface area contributed by atoms with Crippen LogP contribution in [0.5, 0.6) is 11.5 Å². The third kappa shape index (κ3) is 3.79. The molecule has 0 spiro atoms. The van der Waals surface area contributed by atoms with E-state index in [0.717, 1.165) is 46.2 Å². The summed E-state index contributed by atoms with van der Waals surface area (Å²) in [5.41, 5.74) is 7.79. The molecule has 0 fully saturated rings. The molecule has 0 unspecified atom stereocenters. The van der Waals surface area contributed by atoms with Gasteiger partial charge in [-0.05, 0) is 71.9 Å². The Labute approximate surface area is 171 Å². The highest BCUT2D eigenvalue weighted by Gasteiger charge is 2.29. The van der Waals surface area contributed by atoms with Crippen molar-refractivity contribution < 1.29 is 10.2 Å². The summed E-state index contributed by atoms with van der Waals surface area (Å²) >= 11 is 0. The van der Waals surface area contributed by atoms with Crippen molar-refractivity contribution in [3.05, 3.63) is 45.5 Å². The van der Waals surface area contributed by atoms with E-state index in [9.17, 15) is 10.2 Å². The second kappa shape index (κ2) is 7.46. The van der Waals surface area contributed by atoms with Gasteiger partial charge < -0.3 is 10.2 Å². The second-order valence-electron chi connectivity index (χ2n) is 10.1. The molecule has 0 aliphatic carbocycles. The zero-order valence-corrected chi connectivity index (χ0v) is 19.5. The van der Waals surface area contributed by atoms with Gasteiger partial charge in [-0.3, -0.25) is 0 Å². The number of hydrogen-bond donors (Lipinski definition) is 2. The van der Waals surface area contributed by atoms with Crippen LogP contribution in [0.1, 0.15) is 88.8 Å². The van der Waals surface area contributed by atoms with Gasteiger partial charge in [-0.15, -0.1) is 0 Å². The van der Waals surface area contributed by atoms with Gasteiger partial charge in [0.25, 0.3) is 0 Å². The van der Waals surface area contributed by atoms with Gasteiger partial charge >= 0.3 is 0 Å². The van der Waals surface area contributed by atoms with Gasteiger partial charge in [-0.25, -0.2) is 0 Å². The monoisotopic (exact) mass is 382 g/mol. The highest BCUT2D eigenvalue weighted by molar-refractivity contribution is 5.81. The molecule has 2 N–H and O–H groups in total. The molecule has 0 heterocycles. The number of benzene rings is 2. The lowest BCUT2D eigenvalue weighted by Gasteiger charge is -2.29. The normalized spacial score (nSPS) is 12.5. The van der Waals surface area contributed by atoms with Crippen LogP contribution >= 0.6 is 0 Å². The van der Waals surface area contributed by atoms with E-state index < -0.39 is 0 Å². The Morgan fingerprint density at radius 3 is 1.14 bits per heavy atom. The number of aryl methyl sites for hydroxylation is 2. The molecule has 2 heteroatoms. The van der Waals surface area contributed by atoms with E-state index >= 15 is 0 Å². The molecule has 2 aromatic carbocycles. The van der Waals surface area contributed by atoms with Crippen LogP contribution in [-0.2, 0) is 23.7 Å². The first-order valence-corrected chi connectivity index (χ1v) is 10.5. The minimum Gasteiger partial charge on any atom is -0.507 e. The number of aromatic hydroxyl groups is 2. The van der Waals surface area contributed by atoms with E-state index in [1.165, 1.54) is 11.1 Å². The molecule has 0 radical (unpaired) electrons. The maximum absolute atomic E-state index is 11.3. The first kappa shape index (κ1) is 22.3. The fourth-order valence-electron chi connectivity index (χ4n) is 4.63. The lowest BCUT2D eigenvalue weighted by molar-refractivity contribution is 0.438. The van der Waals surface area contributed by atoms with Gasteiger partial charge in [0.15, 0.2) is 0 Å². The predicted molar refractivity (Wildman–Crippen MR) is 121 cm³/mol. The summed E-state index contributed by atoms with van der Waals surface area (Å²) < 4.78 is 0. The van der Waals surface area contributed by atoms with Crippen LogP contribution in [0.25, 0.3) is 11.1 Å². The van der Waals surface area contributed by atoms with Crippen molar-refractivity contribution in [2.75, 3.05) is 0 Å². The van der Waals surface area contributed by atoms with E-state index in [1.54, 1.807) is 0 Å². The van der Waals surface area contributed by atoms with Crippen LogP contribution < -0.4 is 0 Å². The largest absolute Gasteiger partial charge is 0.507 e. The third-order valence-corrected chi connectivity index (χ3v) is 5.76. The van der Waals surface area contributed by atoms with Gasteiger partial charge in [0.1, 0.15) is 11.5 Å². The van der Waals surface area contributed by atoms with Crippen molar-refractivity contribution in [2.24, 2.45) is 0 Å². The molecule has 0 amide bonds. The molecule has 2 nitrogen and oxygen atoms in total. The van der Waals surface area contributed by atoms with Gasteiger partial charge in [0.2, 0.25) is 0 Å². The average Bonchev–Trinajstić information content (AvgIpc) is 2.55. The molecular weight excluding hydrogens is 344 g/mol. The summed E-state index contributed by atoms with van der Waals surface area (Å²) in [5, 5.41) is 22.7. The number of phenols is 2. The molecule has 2 aromatic rings. The van der Waals surface area contributed by atoms with Crippen LogP contribution in [0.4, 0.5) is 0 Å². The molecule has 0 saturated carbocycles. The number of rotatable bonds is 3. The van der Waals surface area contributed by atoms with Gasteiger partial charge in [-0.1, -0.05) is 55.4 Å². The maximum atomic E-state index is 11.3. The molecule has 28 heavy (non-hydrogen) atoms. The van der Waals surface area contributed by atoms with E-state index in [2.05, 4.69) is 69.2 Å². The SMILES string of the molecule is CCc1c(C)cc(-c2cc(C)c(CC)c(C(C)(C)C)c2O)c(O)c1C(C)(C)C. The minimum atomic E-state index is -0.183. The number of hydrogen-bond acceptors (Lipinski definition) is 2. The van der Waals surface area contributed by atoms with E-state index in [0.29, 0.717) is 11.5 Å². The molecule has 0 aliphatic heterocycles. The summed E-state index contributed by atoms with van der Waals surface area (Å²) in [6, 6.07) is 4.08. The van der Waals surface area contributed by atoms with Gasteiger partial charge in [0.05, 0.1) is 0 Å². The van der Waals surface area contributed by atoms with E-state index in [4.69, 9.17) is 0 Å². The molecule has 0 saturated heterocycles. The lowest BCUT2D eigenvalue weighted by Crippen LogP contribution is -2.17.